The van der Waals surface area contributed by atoms with E-state index in [-0.39, 0.29) is 6.61 Å². The van der Waals surface area contributed by atoms with E-state index < -0.39 is 6.67 Å². The number of hydrogen-bond acceptors (Lipinski definition) is 3. The lowest BCUT2D eigenvalue weighted by atomic mass is 10.1. The summed E-state index contributed by atoms with van der Waals surface area (Å²) in [7, 11) is 0. The lowest BCUT2D eigenvalue weighted by Crippen LogP contribution is -2.07. The van der Waals surface area contributed by atoms with Gasteiger partial charge in [0.2, 0.25) is 0 Å². The van der Waals surface area contributed by atoms with Gasteiger partial charge in [-0.25, -0.2) is 4.39 Å². The van der Waals surface area contributed by atoms with Gasteiger partial charge in [-0.2, -0.15) is 0 Å². The molecule has 0 aliphatic rings. The second kappa shape index (κ2) is 7.90. The summed E-state index contributed by atoms with van der Waals surface area (Å²) in [6, 6.07) is 5.62. The second-order valence-electron chi connectivity index (χ2n) is 3.69. The quantitative estimate of drug-likeness (QED) is 0.759. The Labute approximate surface area is 102 Å². The minimum Gasteiger partial charge on any atom is -0.493 e. The standard InChI is InChI=1S/C13H20FNO2/c1-2-8-16-12-4-3-11(5-7-15)13(10-12)17-9-6-14/h3-4,10H,2,5-9,15H2,1H3. The molecule has 96 valence electrons. The van der Waals surface area contributed by atoms with Gasteiger partial charge in [0.1, 0.15) is 24.8 Å². The molecule has 3 nitrogen and oxygen atoms in total. The molecule has 4 heteroatoms. The Hall–Kier alpha value is -1.29. The van der Waals surface area contributed by atoms with Crippen LogP contribution < -0.4 is 15.2 Å². The van der Waals surface area contributed by atoms with Crippen LogP contribution in [0.5, 0.6) is 11.5 Å². The Bertz CT molecular complexity index is 331. The zero-order chi connectivity index (χ0) is 12.5. The van der Waals surface area contributed by atoms with Crippen LogP contribution >= 0.6 is 0 Å². The maximum Gasteiger partial charge on any atom is 0.126 e. The highest BCUT2D eigenvalue weighted by Crippen LogP contribution is 2.25. The molecule has 0 aliphatic carbocycles. The van der Waals surface area contributed by atoms with Crippen LogP contribution in [0, 0.1) is 0 Å². The van der Waals surface area contributed by atoms with Crippen LogP contribution in [0.15, 0.2) is 18.2 Å². The largest absolute Gasteiger partial charge is 0.493 e. The van der Waals surface area contributed by atoms with E-state index >= 15 is 0 Å². The molecule has 0 heterocycles. The van der Waals surface area contributed by atoms with Crippen molar-refractivity contribution in [2.24, 2.45) is 5.73 Å². The number of benzene rings is 1. The zero-order valence-electron chi connectivity index (χ0n) is 10.2. The van der Waals surface area contributed by atoms with Crippen molar-refractivity contribution < 1.29 is 13.9 Å². The smallest absolute Gasteiger partial charge is 0.126 e. The molecular formula is C13H20FNO2. The molecular weight excluding hydrogens is 221 g/mol. The molecule has 0 bridgehead atoms. The Balaban J connectivity index is 2.76. The Morgan fingerprint density at radius 3 is 2.71 bits per heavy atom. The number of halogens is 1. The third kappa shape index (κ3) is 4.61. The summed E-state index contributed by atoms with van der Waals surface area (Å²) in [6.45, 7) is 2.82. The molecule has 0 amide bonds. The maximum atomic E-state index is 12.1. The molecule has 0 fully saturated rings. The van der Waals surface area contributed by atoms with Crippen molar-refractivity contribution in [2.45, 2.75) is 19.8 Å². The number of ether oxygens (including phenoxy) is 2. The highest BCUT2D eigenvalue weighted by Gasteiger charge is 2.05. The molecule has 0 saturated heterocycles. The van der Waals surface area contributed by atoms with Gasteiger partial charge in [-0.05, 0) is 31.0 Å². The third-order valence-electron chi connectivity index (χ3n) is 2.26. The van der Waals surface area contributed by atoms with Crippen LogP contribution in [-0.2, 0) is 6.42 Å². The molecule has 0 aromatic heterocycles. The van der Waals surface area contributed by atoms with Gasteiger partial charge in [-0.15, -0.1) is 0 Å². The monoisotopic (exact) mass is 241 g/mol. The summed E-state index contributed by atoms with van der Waals surface area (Å²) in [4.78, 5) is 0. The summed E-state index contributed by atoms with van der Waals surface area (Å²) >= 11 is 0. The van der Waals surface area contributed by atoms with Crippen LogP contribution in [0.25, 0.3) is 0 Å². The molecule has 1 rings (SSSR count). The first-order valence-corrected chi connectivity index (χ1v) is 5.96. The van der Waals surface area contributed by atoms with E-state index in [0.717, 1.165) is 24.2 Å². The van der Waals surface area contributed by atoms with Crippen LogP contribution in [0.1, 0.15) is 18.9 Å². The number of rotatable bonds is 8. The average molecular weight is 241 g/mol. The third-order valence-corrected chi connectivity index (χ3v) is 2.26. The van der Waals surface area contributed by atoms with Gasteiger partial charge in [0, 0.05) is 6.07 Å². The van der Waals surface area contributed by atoms with Gasteiger partial charge >= 0.3 is 0 Å². The molecule has 17 heavy (non-hydrogen) atoms. The molecule has 0 aliphatic heterocycles. The zero-order valence-corrected chi connectivity index (χ0v) is 10.2. The average Bonchev–Trinajstić information content (AvgIpc) is 2.36. The molecule has 1 aromatic rings. The fourth-order valence-electron chi connectivity index (χ4n) is 1.49. The van der Waals surface area contributed by atoms with Gasteiger partial charge in [0.25, 0.3) is 0 Å². The van der Waals surface area contributed by atoms with Crippen LogP contribution in [0.4, 0.5) is 4.39 Å². The van der Waals surface area contributed by atoms with E-state index in [1.807, 2.05) is 19.1 Å². The van der Waals surface area contributed by atoms with Crippen molar-refractivity contribution >= 4 is 0 Å². The van der Waals surface area contributed by atoms with Gasteiger partial charge < -0.3 is 15.2 Å². The van der Waals surface area contributed by atoms with Gasteiger partial charge in [0.05, 0.1) is 6.61 Å². The first kappa shape index (κ1) is 13.8. The SMILES string of the molecule is CCCOc1ccc(CCN)c(OCCF)c1. The maximum absolute atomic E-state index is 12.1. The predicted molar refractivity (Wildman–Crippen MR) is 66.5 cm³/mol. The summed E-state index contributed by atoms with van der Waals surface area (Å²) in [6.07, 6.45) is 1.67. The predicted octanol–water partition coefficient (Wildman–Crippen LogP) is 2.32. The minimum atomic E-state index is -0.498. The van der Waals surface area contributed by atoms with E-state index in [0.29, 0.717) is 18.9 Å². The number of nitrogens with two attached hydrogens (primary N) is 1. The van der Waals surface area contributed by atoms with Crippen LogP contribution in [0.2, 0.25) is 0 Å². The van der Waals surface area contributed by atoms with Crippen molar-refractivity contribution in [2.75, 3.05) is 26.4 Å². The van der Waals surface area contributed by atoms with Crippen molar-refractivity contribution in [3.8, 4) is 11.5 Å². The second-order valence-corrected chi connectivity index (χ2v) is 3.69. The van der Waals surface area contributed by atoms with Crippen molar-refractivity contribution in [3.05, 3.63) is 23.8 Å². The number of hydrogen-bond donors (Lipinski definition) is 1. The summed E-state index contributed by atoms with van der Waals surface area (Å²) in [5, 5.41) is 0. The molecule has 0 atom stereocenters. The fourth-order valence-corrected chi connectivity index (χ4v) is 1.49. The first-order valence-electron chi connectivity index (χ1n) is 5.96. The molecule has 1 aromatic carbocycles. The number of alkyl halides is 1. The summed E-state index contributed by atoms with van der Waals surface area (Å²) in [5.74, 6) is 1.42. The molecule has 2 N–H and O–H groups in total. The lowest BCUT2D eigenvalue weighted by molar-refractivity contribution is 0.267. The molecule has 0 spiro atoms. The molecule has 0 radical (unpaired) electrons. The van der Waals surface area contributed by atoms with E-state index in [9.17, 15) is 4.39 Å². The first-order chi connectivity index (χ1) is 8.31. The molecule has 0 unspecified atom stereocenters. The van der Waals surface area contributed by atoms with Crippen molar-refractivity contribution in [1.82, 2.24) is 0 Å². The van der Waals surface area contributed by atoms with E-state index in [1.54, 1.807) is 6.07 Å². The summed E-state index contributed by atoms with van der Waals surface area (Å²) in [5.41, 5.74) is 6.51. The minimum absolute atomic E-state index is 0.0643. The van der Waals surface area contributed by atoms with Crippen molar-refractivity contribution in [3.63, 3.8) is 0 Å². The van der Waals surface area contributed by atoms with Gasteiger partial charge in [0.15, 0.2) is 0 Å². The van der Waals surface area contributed by atoms with Gasteiger partial charge in [-0.3, -0.25) is 0 Å². The van der Waals surface area contributed by atoms with Crippen LogP contribution in [0.3, 0.4) is 0 Å². The molecule has 0 saturated carbocycles. The van der Waals surface area contributed by atoms with Crippen molar-refractivity contribution in [1.29, 1.82) is 0 Å². The highest BCUT2D eigenvalue weighted by molar-refractivity contribution is 5.41. The fraction of sp³-hybridized carbons (Fsp3) is 0.538. The van der Waals surface area contributed by atoms with E-state index in [4.69, 9.17) is 15.2 Å². The topological polar surface area (TPSA) is 44.5 Å². The Morgan fingerprint density at radius 2 is 2.06 bits per heavy atom. The normalized spacial score (nSPS) is 10.3. The van der Waals surface area contributed by atoms with E-state index in [2.05, 4.69) is 0 Å². The van der Waals surface area contributed by atoms with Gasteiger partial charge in [-0.1, -0.05) is 13.0 Å². The van der Waals surface area contributed by atoms with Crippen LogP contribution in [-0.4, -0.2) is 26.4 Å². The lowest BCUT2D eigenvalue weighted by Gasteiger charge is -2.12. The van der Waals surface area contributed by atoms with E-state index in [1.165, 1.54) is 0 Å². The Kier molecular flexibility index (Phi) is 6.40. The summed E-state index contributed by atoms with van der Waals surface area (Å²) < 4.78 is 23.0. The highest BCUT2D eigenvalue weighted by atomic mass is 19.1. The Morgan fingerprint density at radius 1 is 1.24 bits per heavy atom.